The summed E-state index contributed by atoms with van der Waals surface area (Å²) in [5, 5.41) is 9.63. The lowest BCUT2D eigenvalue weighted by Gasteiger charge is -2.25. The zero-order chi connectivity index (χ0) is 15.2. The summed E-state index contributed by atoms with van der Waals surface area (Å²) < 4.78 is 0. The molecule has 0 aliphatic heterocycles. The molecule has 1 N–H and O–H groups in total. The number of para-hydroxylation sites is 1. The van der Waals surface area contributed by atoms with Crippen molar-refractivity contribution in [2.24, 2.45) is 0 Å². The Kier molecular flexibility index (Phi) is 5.23. The Bertz CT molecular complexity index is 613. The molecule has 0 amide bonds. The molecule has 0 bridgehead atoms. The molecule has 110 valence electrons. The quantitative estimate of drug-likeness (QED) is 0.872. The van der Waals surface area contributed by atoms with Crippen molar-refractivity contribution < 1.29 is 9.90 Å². The van der Waals surface area contributed by atoms with Gasteiger partial charge in [-0.1, -0.05) is 41.9 Å². The molecule has 0 heterocycles. The highest BCUT2D eigenvalue weighted by Gasteiger charge is 2.11. The minimum absolute atomic E-state index is 0.0956. The molecule has 2 aromatic carbocycles. The van der Waals surface area contributed by atoms with Crippen LogP contribution in [0.2, 0.25) is 5.02 Å². The van der Waals surface area contributed by atoms with Crippen molar-refractivity contribution >= 4 is 23.3 Å². The van der Waals surface area contributed by atoms with Gasteiger partial charge in [-0.05, 0) is 36.2 Å². The highest BCUT2D eigenvalue weighted by Crippen LogP contribution is 2.23. The number of carbonyl (C=O) groups is 1. The van der Waals surface area contributed by atoms with Gasteiger partial charge >= 0.3 is 5.97 Å². The van der Waals surface area contributed by atoms with Crippen LogP contribution < -0.4 is 4.90 Å². The van der Waals surface area contributed by atoms with Crippen LogP contribution in [0.5, 0.6) is 0 Å². The molecule has 0 fully saturated rings. The average molecular weight is 304 g/mol. The summed E-state index contributed by atoms with van der Waals surface area (Å²) >= 11 is 6.28. The van der Waals surface area contributed by atoms with Crippen LogP contribution >= 0.6 is 11.6 Å². The molecular weight excluding hydrogens is 286 g/mol. The van der Waals surface area contributed by atoms with E-state index in [4.69, 9.17) is 16.7 Å². The van der Waals surface area contributed by atoms with Gasteiger partial charge < -0.3 is 10.0 Å². The van der Waals surface area contributed by atoms with E-state index in [0.717, 1.165) is 16.8 Å². The summed E-state index contributed by atoms with van der Waals surface area (Å²) in [7, 11) is 0. The van der Waals surface area contributed by atoms with Crippen molar-refractivity contribution in [1.82, 2.24) is 0 Å². The van der Waals surface area contributed by atoms with Crippen molar-refractivity contribution in [2.45, 2.75) is 19.9 Å². The van der Waals surface area contributed by atoms with Gasteiger partial charge in [-0.2, -0.15) is 0 Å². The minimum Gasteiger partial charge on any atom is -0.481 e. The van der Waals surface area contributed by atoms with Gasteiger partial charge in [0.1, 0.15) is 0 Å². The van der Waals surface area contributed by atoms with Gasteiger partial charge in [-0.3, -0.25) is 4.79 Å². The number of aliphatic carboxylic acids is 1. The number of anilines is 1. The molecule has 0 radical (unpaired) electrons. The number of carboxylic acids is 1. The van der Waals surface area contributed by atoms with Crippen LogP contribution in [0.25, 0.3) is 0 Å². The van der Waals surface area contributed by atoms with Crippen LogP contribution in [0.1, 0.15) is 17.5 Å². The molecule has 0 aliphatic carbocycles. The van der Waals surface area contributed by atoms with Crippen LogP contribution in [0.4, 0.5) is 5.69 Å². The average Bonchev–Trinajstić information content (AvgIpc) is 2.46. The van der Waals surface area contributed by atoms with Crippen molar-refractivity contribution in [1.29, 1.82) is 0 Å². The molecule has 0 aliphatic rings. The number of carboxylic acid groups (broad SMARTS) is 1. The number of halogens is 1. The maximum absolute atomic E-state index is 10.8. The summed E-state index contributed by atoms with van der Waals surface area (Å²) in [6.07, 6.45) is 0.0956. The fourth-order valence-electron chi connectivity index (χ4n) is 2.16. The number of nitrogens with zero attached hydrogens (tertiary/aromatic N) is 1. The molecule has 0 atom stereocenters. The van der Waals surface area contributed by atoms with E-state index >= 15 is 0 Å². The van der Waals surface area contributed by atoms with E-state index in [1.165, 1.54) is 0 Å². The van der Waals surface area contributed by atoms with E-state index < -0.39 is 5.97 Å². The largest absolute Gasteiger partial charge is 0.481 e. The number of benzene rings is 2. The molecule has 0 spiro atoms. The fourth-order valence-corrected chi connectivity index (χ4v) is 2.45. The third-order valence-electron chi connectivity index (χ3n) is 3.29. The van der Waals surface area contributed by atoms with Crippen LogP contribution in [0.3, 0.4) is 0 Å². The number of hydrogen-bond acceptors (Lipinski definition) is 2. The molecule has 0 unspecified atom stereocenters. The normalized spacial score (nSPS) is 10.4. The Labute approximate surface area is 129 Å². The second kappa shape index (κ2) is 7.14. The van der Waals surface area contributed by atoms with E-state index in [-0.39, 0.29) is 6.42 Å². The van der Waals surface area contributed by atoms with E-state index in [1.54, 1.807) is 0 Å². The Morgan fingerprint density at radius 1 is 1.19 bits per heavy atom. The molecular formula is C17H18ClNO2. The standard InChI is InChI=1S/C17H18ClNO2/c1-13-7-8-14(16(18)11-13)12-19(10-9-17(20)21)15-5-3-2-4-6-15/h2-8,11H,9-10,12H2,1H3,(H,20,21). The molecule has 2 aromatic rings. The SMILES string of the molecule is Cc1ccc(CN(CCC(=O)O)c2ccccc2)c(Cl)c1. The predicted octanol–water partition coefficient (Wildman–Crippen LogP) is 4.13. The third-order valence-corrected chi connectivity index (χ3v) is 3.64. The second-order valence-electron chi connectivity index (χ2n) is 5.00. The number of rotatable bonds is 6. The van der Waals surface area contributed by atoms with Crippen molar-refractivity contribution in [3.63, 3.8) is 0 Å². The summed E-state index contributed by atoms with van der Waals surface area (Å²) in [4.78, 5) is 12.9. The highest BCUT2D eigenvalue weighted by atomic mass is 35.5. The maximum Gasteiger partial charge on any atom is 0.305 e. The Morgan fingerprint density at radius 2 is 1.90 bits per heavy atom. The van der Waals surface area contributed by atoms with Crippen LogP contribution in [0.15, 0.2) is 48.5 Å². The van der Waals surface area contributed by atoms with Crippen LogP contribution in [-0.2, 0) is 11.3 Å². The van der Waals surface area contributed by atoms with Crippen LogP contribution in [-0.4, -0.2) is 17.6 Å². The molecule has 4 heteroatoms. The third kappa shape index (κ3) is 4.50. The van der Waals surface area contributed by atoms with E-state index in [2.05, 4.69) is 0 Å². The monoisotopic (exact) mass is 303 g/mol. The first-order chi connectivity index (χ1) is 10.1. The summed E-state index contributed by atoms with van der Waals surface area (Å²) in [6, 6.07) is 15.7. The molecule has 2 rings (SSSR count). The fraction of sp³-hybridized carbons (Fsp3) is 0.235. The van der Waals surface area contributed by atoms with Crippen molar-refractivity contribution in [2.75, 3.05) is 11.4 Å². The Morgan fingerprint density at radius 3 is 2.52 bits per heavy atom. The lowest BCUT2D eigenvalue weighted by molar-refractivity contribution is -0.136. The second-order valence-corrected chi connectivity index (χ2v) is 5.40. The molecule has 0 saturated heterocycles. The van der Waals surface area contributed by atoms with E-state index in [1.807, 2.05) is 60.4 Å². The van der Waals surface area contributed by atoms with Gasteiger partial charge in [0.15, 0.2) is 0 Å². The van der Waals surface area contributed by atoms with Gasteiger partial charge in [-0.15, -0.1) is 0 Å². The van der Waals surface area contributed by atoms with Gasteiger partial charge in [-0.25, -0.2) is 0 Å². The summed E-state index contributed by atoms with van der Waals surface area (Å²) in [6.45, 7) is 3.04. The van der Waals surface area contributed by atoms with Gasteiger partial charge in [0.05, 0.1) is 6.42 Å². The number of aryl methyl sites for hydroxylation is 1. The lowest BCUT2D eigenvalue weighted by Crippen LogP contribution is -2.25. The van der Waals surface area contributed by atoms with Gasteiger partial charge in [0, 0.05) is 23.8 Å². The van der Waals surface area contributed by atoms with Crippen molar-refractivity contribution in [3.8, 4) is 0 Å². The zero-order valence-electron chi connectivity index (χ0n) is 11.9. The molecule has 3 nitrogen and oxygen atoms in total. The van der Waals surface area contributed by atoms with E-state index in [0.29, 0.717) is 18.1 Å². The molecule has 0 saturated carbocycles. The topological polar surface area (TPSA) is 40.5 Å². The lowest BCUT2D eigenvalue weighted by atomic mass is 10.1. The zero-order valence-corrected chi connectivity index (χ0v) is 12.7. The van der Waals surface area contributed by atoms with Crippen molar-refractivity contribution in [3.05, 3.63) is 64.7 Å². The van der Waals surface area contributed by atoms with Gasteiger partial charge in [0.25, 0.3) is 0 Å². The summed E-state index contributed by atoms with van der Waals surface area (Å²) in [5.74, 6) is -0.800. The van der Waals surface area contributed by atoms with Gasteiger partial charge in [0.2, 0.25) is 0 Å². The minimum atomic E-state index is -0.800. The predicted molar refractivity (Wildman–Crippen MR) is 85.9 cm³/mol. The van der Waals surface area contributed by atoms with Crippen LogP contribution in [0, 0.1) is 6.92 Å². The Hall–Kier alpha value is -2.00. The number of hydrogen-bond donors (Lipinski definition) is 1. The maximum atomic E-state index is 10.8. The Balaban J connectivity index is 2.21. The smallest absolute Gasteiger partial charge is 0.305 e. The molecule has 21 heavy (non-hydrogen) atoms. The highest BCUT2D eigenvalue weighted by molar-refractivity contribution is 6.31. The van der Waals surface area contributed by atoms with E-state index in [9.17, 15) is 4.79 Å². The first-order valence-corrected chi connectivity index (χ1v) is 7.21. The summed E-state index contributed by atoms with van der Waals surface area (Å²) in [5.41, 5.74) is 3.10. The first kappa shape index (κ1) is 15.4. The molecule has 0 aromatic heterocycles. The first-order valence-electron chi connectivity index (χ1n) is 6.83.